The van der Waals surface area contributed by atoms with E-state index < -0.39 is 10.0 Å². The zero-order chi connectivity index (χ0) is 20.0. The molecule has 0 aromatic heterocycles. The van der Waals surface area contributed by atoms with Gasteiger partial charge < -0.3 is 4.90 Å². The molecule has 0 amide bonds. The lowest BCUT2D eigenvalue weighted by atomic mass is 10.2. The molecule has 1 aliphatic heterocycles. The highest BCUT2D eigenvalue weighted by molar-refractivity contribution is 7.89. The number of benzene rings is 2. The van der Waals surface area contributed by atoms with Gasteiger partial charge in [-0.2, -0.15) is 0 Å². The Bertz CT molecular complexity index is 846. The average molecular weight is 422 g/mol. The van der Waals surface area contributed by atoms with Crippen LogP contribution in [0, 0.1) is 0 Å². The van der Waals surface area contributed by atoms with Gasteiger partial charge in [-0.3, -0.25) is 4.90 Å². The van der Waals surface area contributed by atoms with Crippen molar-refractivity contribution in [1.82, 2.24) is 9.62 Å². The summed E-state index contributed by atoms with van der Waals surface area (Å²) in [6.45, 7) is 7.30. The minimum atomic E-state index is -3.42. The number of nitrogens with zero attached hydrogens (tertiary/aromatic N) is 2. The van der Waals surface area contributed by atoms with E-state index >= 15 is 0 Å². The third kappa shape index (κ3) is 5.70. The second-order valence-corrected chi connectivity index (χ2v) is 9.26. The summed E-state index contributed by atoms with van der Waals surface area (Å²) in [5.41, 5.74) is 2.34. The summed E-state index contributed by atoms with van der Waals surface area (Å²) < 4.78 is 27.4. The first-order chi connectivity index (χ1) is 13.5. The molecule has 3 rings (SSSR count). The highest BCUT2D eigenvalue weighted by atomic mass is 35.5. The molecular formula is C21H28ClN3O2S. The lowest BCUT2D eigenvalue weighted by molar-refractivity contribution is 0.255. The highest BCUT2D eigenvalue weighted by Crippen LogP contribution is 2.19. The Balaban J connectivity index is 1.39. The summed E-state index contributed by atoms with van der Waals surface area (Å²) in [7, 11) is -3.42. The molecule has 1 heterocycles. The molecule has 0 unspecified atom stereocenters. The maximum atomic E-state index is 12.4. The van der Waals surface area contributed by atoms with Crippen molar-refractivity contribution in [2.75, 3.05) is 44.2 Å². The predicted octanol–water partition coefficient (Wildman–Crippen LogP) is 3.39. The summed E-state index contributed by atoms with van der Waals surface area (Å²) >= 11 is 5.95. The van der Waals surface area contributed by atoms with Crippen molar-refractivity contribution < 1.29 is 8.42 Å². The first-order valence-electron chi connectivity index (χ1n) is 9.79. The molecule has 5 nitrogen and oxygen atoms in total. The molecule has 0 saturated carbocycles. The third-order valence-corrected chi connectivity index (χ3v) is 6.88. The van der Waals surface area contributed by atoms with Gasteiger partial charge in [-0.25, -0.2) is 13.1 Å². The fraction of sp³-hybridized carbons (Fsp3) is 0.429. The van der Waals surface area contributed by atoms with Crippen molar-refractivity contribution in [3.8, 4) is 0 Å². The van der Waals surface area contributed by atoms with Crippen LogP contribution in [0.2, 0.25) is 5.02 Å². The SMILES string of the molecule is CCc1ccc(S(=O)(=O)NCCCN2CCN(c3ccc(Cl)cc3)CC2)cc1. The van der Waals surface area contributed by atoms with E-state index in [0.29, 0.717) is 11.4 Å². The Morgan fingerprint density at radius 2 is 1.61 bits per heavy atom. The molecule has 7 heteroatoms. The number of nitrogens with one attached hydrogen (secondary N) is 1. The highest BCUT2D eigenvalue weighted by Gasteiger charge is 2.17. The van der Waals surface area contributed by atoms with E-state index in [0.717, 1.165) is 56.2 Å². The summed E-state index contributed by atoms with van der Waals surface area (Å²) in [5, 5.41) is 0.756. The van der Waals surface area contributed by atoms with Crippen molar-refractivity contribution in [2.45, 2.75) is 24.7 Å². The molecule has 0 radical (unpaired) electrons. The van der Waals surface area contributed by atoms with Crippen LogP contribution < -0.4 is 9.62 Å². The van der Waals surface area contributed by atoms with Gasteiger partial charge in [-0.15, -0.1) is 0 Å². The van der Waals surface area contributed by atoms with E-state index in [1.165, 1.54) is 5.69 Å². The Morgan fingerprint density at radius 1 is 0.964 bits per heavy atom. The number of piperazine rings is 1. The minimum Gasteiger partial charge on any atom is -0.369 e. The molecule has 0 spiro atoms. The number of sulfonamides is 1. The Hall–Kier alpha value is -1.60. The monoisotopic (exact) mass is 421 g/mol. The first kappa shape index (κ1) is 21.1. The van der Waals surface area contributed by atoms with Gasteiger partial charge in [-0.05, 0) is 61.3 Å². The lowest BCUT2D eigenvalue weighted by Crippen LogP contribution is -2.47. The van der Waals surface area contributed by atoms with Crippen LogP contribution in [0.1, 0.15) is 18.9 Å². The summed E-state index contributed by atoms with van der Waals surface area (Å²) in [4.78, 5) is 5.08. The lowest BCUT2D eigenvalue weighted by Gasteiger charge is -2.36. The van der Waals surface area contributed by atoms with Gasteiger partial charge in [-0.1, -0.05) is 30.7 Å². The standard InChI is InChI=1S/C21H28ClN3O2S/c1-2-18-4-10-21(11-5-18)28(26,27)23-12-3-13-24-14-16-25(17-15-24)20-8-6-19(22)7-9-20/h4-11,23H,2-3,12-17H2,1H3. The number of halogens is 1. The van der Waals surface area contributed by atoms with Crippen LogP contribution in [0.25, 0.3) is 0 Å². The van der Waals surface area contributed by atoms with Gasteiger partial charge in [0.25, 0.3) is 0 Å². The van der Waals surface area contributed by atoms with Crippen LogP contribution >= 0.6 is 11.6 Å². The molecule has 1 fully saturated rings. The summed E-state index contributed by atoms with van der Waals surface area (Å²) in [5.74, 6) is 0. The van der Waals surface area contributed by atoms with Gasteiger partial charge in [0.15, 0.2) is 0 Å². The molecule has 2 aromatic carbocycles. The van der Waals surface area contributed by atoms with Crippen molar-refractivity contribution >= 4 is 27.3 Å². The Morgan fingerprint density at radius 3 is 2.21 bits per heavy atom. The van der Waals surface area contributed by atoms with Gasteiger partial charge in [0.1, 0.15) is 0 Å². The molecule has 0 bridgehead atoms. The van der Waals surface area contributed by atoms with Crippen molar-refractivity contribution in [1.29, 1.82) is 0 Å². The van der Waals surface area contributed by atoms with E-state index in [1.54, 1.807) is 12.1 Å². The van der Waals surface area contributed by atoms with Gasteiger partial charge in [0, 0.05) is 43.4 Å². The second-order valence-electron chi connectivity index (χ2n) is 7.05. The molecule has 1 aliphatic rings. The van der Waals surface area contributed by atoms with Crippen molar-refractivity contribution in [3.05, 3.63) is 59.1 Å². The van der Waals surface area contributed by atoms with Crippen molar-refractivity contribution in [3.63, 3.8) is 0 Å². The van der Waals surface area contributed by atoms with Crippen LogP contribution in [0.5, 0.6) is 0 Å². The minimum absolute atomic E-state index is 0.335. The number of hydrogen-bond donors (Lipinski definition) is 1. The normalized spacial score (nSPS) is 15.7. The molecule has 28 heavy (non-hydrogen) atoms. The molecule has 1 N–H and O–H groups in total. The van der Waals surface area contributed by atoms with E-state index in [4.69, 9.17) is 11.6 Å². The maximum absolute atomic E-state index is 12.4. The zero-order valence-corrected chi connectivity index (χ0v) is 17.8. The average Bonchev–Trinajstić information content (AvgIpc) is 2.72. The Labute approximate surface area is 173 Å². The second kappa shape index (κ2) is 9.74. The van der Waals surface area contributed by atoms with Crippen LogP contribution in [0.15, 0.2) is 53.4 Å². The number of hydrogen-bond acceptors (Lipinski definition) is 4. The first-order valence-corrected chi connectivity index (χ1v) is 11.7. The van der Waals surface area contributed by atoms with Crippen LogP contribution in [0.4, 0.5) is 5.69 Å². The molecule has 152 valence electrons. The quantitative estimate of drug-likeness (QED) is 0.664. The summed E-state index contributed by atoms with van der Waals surface area (Å²) in [6, 6.07) is 15.0. The van der Waals surface area contributed by atoms with Crippen LogP contribution in [-0.2, 0) is 16.4 Å². The molecule has 0 atom stereocenters. The van der Waals surface area contributed by atoms with E-state index in [9.17, 15) is 8.42 Å². The summed E-state index contributed by atoms with van der Waals surface area (Å²) in [6.07, 6.45) is 1.70. The molecule has 0 aliphatic carbocycles. The number of anilines is 1. The van der Waals surface area contributed by atoms with Gasteiger partial charge >= 0.3 is 0 Å². The van der Waals surface area contributed by atoms with Gasteiger partial charge in [0.05, 0.1) is 4.90 Å². The topological polar surface area (TPSA) is 52.7 Å². The zero-order valence-electron chi connectivity index (χ0n) is 16.3. The Kier molecular flexibility index (Phi) is 7.35. The van der Waals surface area contributed by atoms with E-state index in [1.807, 2.05) is 24.3 Å². The van der Waals surface area contributed by atoms with Gasteiger partial charge in [0.2, 0.25) is 10.0 Å². The number of aryl methyl sites for hydroxylation is 1. The van der Waals surface area contributed by atoms with Crippen molar-refractivity contribution in [2.24, 2.45) is 0 Å². The molecular weight excluding hydrogens is 394 g/mol. The van der Waals surface area contributed by atoms with E-state index in [2.05, 4.69) is 33.6 Å². The molecule has 1 saturated heterocycles. The number of rotatable bonds is 8. The smallest absolute Gasteiger partial charge is 0.240 e. The van der Waals surface area contributed by atoms with E-state index in [-0.39, 0.29) is 0 Å². The third-order valence-electron chi connectivity index (χ3n) is 5.15. The fourth-order valence-corrected chi connectivity index (χ4v) is 4.58. The fourth-order valence-electron chi connectivity index (χ4n) is 3.38. The largest absolute Gasteiger partial charge is 0.369 e. The maximum Gasteiger partial charge on any atom is 0.240 e. The predicted molar refractivity (Wildman–Crippen MR) is 116 cm³/mol. The van der Waals surface area contributed by atoms with Crippen LogP contribution in [-0.4, -0.2) is 52.6 Å². The van der Waals surface area contributed by atoms with Crippen LogP contribution in [0.3, 0.4) is 0 Å². The molecule has 2 aromatic rings.